The van der Waals surface area contributed by atoms with E-state index < -0.39 is 6.10 Å². The van der Waals surface area contributed by atoms with Crippen molar-refractivity contribution in [2.75, 3.05) is 0 Å². The molecule has 1 aliphatic rings. The van der Waals surface area contributed by atoms with Crippen LogP contribution < -0.4 is 0 Å². The van der Waals surface area contributed by atoms with Gasteiger partial charge in [0, 0.05) is 5.92 Å². The SMILES string of the molecule is O[C@@H](c1ccc2ccccc2c1)C1C=CC=C1. The van der Waals surface area contributed by atoms with Gasteiger partial charge in [-0.05, 0) is 22.4 Å². The first-order valence-electron chi connectivity index (χ1n) is 5.86. The third kappa shape index (κ3) is 1.90. The Morgan fingerprint density at radius 1 is 0.882 bits per heavy atom. The molecule has 3 rings (SSSR count). The molecule has 0 aliphatic heterocycles. The topological polar surface area (TPSA) is 20.2 Å². The van der Waals surface area contributed by atoms with Crippen molar-refractivity contribution in [2.45, 2.75) is 6.10 Å². The molecule has 84 valence electrons. The van der Waals surface area contributed by atoms with Gasteiger partial charge in [0.1, 0.15) is 0 Å². The van der Waals surface area contributed by atoms with Crippen LogP contribution in [0.5, 0.6) is 0 Å². The van der Waals surface area contributed by atoms with Crippen molar-refractivity contribution in [3.8, 4) is 0 Å². The highest BCUT2D eigenvalue weighted by atomic mass is 16.3. The van der Waals surface area contributed by atoms with E-state index >= 15 is 0 Å². The van der Waals surface area contributed by atoms with Crippen LogP contribution in [0.1, 0.15) is 11.7 Å². The lowest BCUT2D eigenvalue weighted by Crippen LogP contribution is -2.06. The highest BCUT2D eigenvalue weighted by Gasteiger charge is 2.17. The molecule has 1 N–H and O–H groups in total. The monoisotopic (exact) mass is 222 g/mol. The Morgan fingerprint density at radius 3 is 2.35 bits per heavy atom. The minimum Gasteiger partial charge on any atom is -0.387 e. The summed E-state index contributed by atoms with van der Waals surface area (Å²) in [7, 11) is 0. The molecule has 0 saturated heterocycles. The van der Waals surface area contributed by atoms with Gasteiger partial charge in [0.2, 0.25) is 0 Å². The van der Waals surface area contributed by atoms with E-state index in [0.717, 1.165) is 5.56 Å². The summed E-state index contributed by atoms with van der Waals surface area (Å²) < 4.78 is 0. The summed E-state index contributed by atoms with van der Waals surface area (Å²) in [6, 6.07) is 14.4. The van der Waals surface area contributed by atoms with Gasteiger partial charge >= 0.3 is 0 Å². The van der Waals surface area contributed by atoms with E-state index in [2.05, 4.69) is 24.3 Å². The Labute approximate surface area is 101 Å². The van der Waals surface area contributed by atoms with Crippen LogP contribution in [0.3, 0.4) is 0 Å². The van der Waals surface area contributed by atoms with Crippen LogP contribution >= 0.6 is 0 Å². The first kappa shape index (κ1) is 10.3. The van der Waals surface area contributed by atoms with Gasteiger partial charge in [-0.25, -0.2) is 0 Å². The number of aliphatic hydroxyl groups is 1. The lowest BCUT2D eigenvalue weighted by Gasteiger charge is -2.15. The van der Waals surface area contributed by atoms with Gasteiger partial charge < -0.3 is 5.11 Å². The summed E-state index contributed by atoms with van der Waals surface area (Å²) in [5, 5.41) is 12.7. The molecule has 0 bridgehead atoms. The molecule has 1 nitrogen and oxygen atoms in total. The van der Waals surface area contributed by atoms with Crippen molar-refractivity contribution in [2.24, 2.45) is 5.92 Å². The molecule has 17 heavy (non-hydrogen) atoms. The molecule has 2 aromatic rings. The Hall–Kier alpha value is -1.86. The first-order chi connectivity index (χ1) is 8.34. The normalized spacial score (nSPS) is 16.8. The number of fused-ring (bicyclic) bond motifs is 1. The zero-order valence-electron chi connectivity index (χ0n) is 9.45. The highest BCUT2D eigenvalue weighted by Crippen LogP contribution is 2.29. The fraction of sp³-hybridized carbons (Fsp3) is 0.125. The molecular formula is C16H14O. The first-order valence-corrected chi connectivity index (χ1v) is 5.86. The van der Waals surface area contributed by atoms with Crippen molar-refractivity contribution >= 4 is 10.8 Å². The maximum absolute atomic E-state index is 10.3. The van der Waals surface area contributed by atoms with Gasteiger partial charge in [0.05, 0.1) is 6.10 Å². The Kier molecular flexibility index (Phi) is 2.54. The average molecular weight is 222 g/mol. The largest absolute Gasteiger partial charge is 0.387 e. The van der Waals surface area contributed by atoms with Gasteiger partial charge in [0.25, 0.3) is 0 Å². The lowest BCUT2D eigenvalue weighted by atomic mass is 9.95. The van der Waals surface area contributed by atoms with E-state index in [-0.39, 0.29) is 5.92 Å². The number of rotatable bonds is 2. The number of hydrogen-bond acceptors (Lipinski definition) is 1. The van der Waals surface area contributed by atoms with Gasteiger partial charge in [-0.1, -0.05) is 60.7 Å². The fourth-order valence-corrected chi connectivity index (χ4v) is 2.27. The molecule has 0 amide bonds. The van der Waals surface area contributed by atoms with E-state index in [1.54, 1.807) is 0 Å². The van der Waals surface area contributed by atoms with Crippen molar-refractivity contribution in [3.05, 3.63) is 72.3 Å². The van der Waals surface area contributed by atoms with Gasteiger partial charge in [-0.3, -0.25) is 0 Å². The van der Waals surface area contributed by atoms with E-state index in [1.807, 2.05) is 42.5 Å². The van der Waals surface area contributed by atoms with E-state index in [9.17, 15) is 5.11 Å². The Morgan fingerprint density at radius 2 is 1.59 bits per heavy atom. The Bertz CT molecular complexity index is 583. The average Bonchev–Trinajstić information content (AvgIpc) is 2.91. The third-order valence-electron chi connectivity index (χ3n) is 3.26. The van der Waals surface area contributed by atoms with Crippen LogP contribution in [-0.2, 0) is 0 Å². The van der Waals surface area contributed by atoms with Gasteiger partial charge in [0.15, 0.2) is 0 Å². The highest BCUT2D eigenvalue weighted by molar-refractivity contribution is 5.83. The van der Waals surface area contributed by atoms with Crippen LogP contribution in [0, 0.1) is 5.92 Å². The van der Waals surface area contributed by atoms with Crippen LogP contribution in [0.4, 0.5) is 0 Å². The van der Waals surface area contributed by atoms with Gasteiger partial charge in [-0.2, -0.15) is 0 Å². The molecule has 1 atom stereocenters. The van der Waals surface area contributed by atoms with Crippen LogP contribution in [-0.4, -0.2) is 5.11 Å². The molecule has 1 heteroatoms. The molecular weight excluding hydrogens is 208 g/mol. The summed E-state index contributed by atoms with van der Waals surface area (Å²) in [6.45, 7) is 0. The zero-order valence-corrected chi connectivity index (χ0v) is 9.45. The summed E-state index contributed by atoms with van der Waals surface area (Å²) in [6.07, 6.45) is 7.57. The van der Waals surface area contributed by atoms with E-state index in [4.69, 9.17) is 0 Å². The van der Waals surface area contributed by atoms with Crippen LogP contribution in [0.25, 0.3) is 10.8 Å². The molecule has 0 saturated carbocycles. The maximum Gasteiger partial charge on any atom is 0.0887 e. The second kappa shape index (κ2) is 4.19. The summed E-state index contributed by atoms with van der Waals surface area (Å²) in [5.74, 6) is 0.108. The maximum atomic E-state index is 10.3. The minimum atomic E-state index is -0.449. The molecule has 0 fully saturated rings. The summed E-state index contributed by atoms with van der Waals surface area (Å²) in [4.78, 5) is 0. The lowest BCUT2D eigenvalue weighted by molar-refractivity contribution is 0.152. The van der Waals surface area contributed by atoms with Crippen LogP contribution in [0.2, 0.25) is 0 Å². The van der Waals surface area contributed by atoms with Crippen molar-refractivity contribution in [3.63, 3.8) is 0 Å². The summed E-state index contributed by atoms with van der Waals surface area (Å²) >= 11 is 0. The van der Waals surface area contributed by atoms with E-state index in [0.29, 0.717) is 0 Å². The molecule has 0 heterocycles. The molecule has 2 aromatic carbocycles. The third-order valence-corrected chi connectivity index (χ3v) is 3.26. The standard InChI is InChI=1S/C16H14O/c17-16(13-6-2-3-7-13)15-10-9-12-5-1-4-8-14(12)11-15/h1-11,13,16-17H/t16-/m1/s1. The molecule has 0 radical (unpaired) electrons. The number of benzene rings is 2. The van der Waals surface area contributed by atoms with Crippen LogP contribution in [0.15, 0.2) is 66.8 Å². The molecule has 0 aromatic heterocycles. The van der Waals surface area contributed by atoms with Crippen molar-refractivity contribution < 1.29 is 5.11 Å². The number of aliphatic hydroxyl groups excluding tert-OH is 1. The minimum absolute atomic E-state index is 0.108. The second-order valence-corrected chi connectivity index (χ2v) is 4.40. The van der Waals surface area contributed by atoms with Gasteiger partial charge in [-0.15, -0.1) is 0 Å². The van der Waals surface area contributed by atoms with Crippen molar-refractivity contribution in [1.82, 2.24) is 0 Å². The quantitative estimate of drug-likeness (QED) is 0.822. The zero-order chi connectivity index (χ0) is 11.7. The second-order valence-electron chi connectivity index (χ2n) is 4.40. The Balaban J connectivity index is 2.00. The predicted octanol–water partition coefficient (Wildman–Crippen LogP) is 3.62. The van der Waals surface area contributed by atoms with Crippen molar-refractivity contribution in [1.29, 1.82) is 0 Å². The smallest absolute Gasteiger partial charge is 0.0887 e. The predicted molar refractivity (Wildman–Crippen MR) is 70.7 cm³/mol. The number of hydrogen-bond donors (Lipinski definition) is 1. The van der Waals surface area contributed by atoms with E-state index in [1.165, 1.54) is 10.8 Å². The molecule has 0 spiro atoms. The summed E-state index contributed by atoms with van der Waals surface area (Å²) in [5.41, 5.74) is 0.977. The number of allylic oxidation sites excluding steroid dienone is 2. The fourth-order valence-electron chi connectivity index (χ4n) is 2.27. The molecule has 0 unspecified atom stereocenters. The molecule has 1 aliphatic carbocycles.